The quantitative estimate of drug-likeness (QED) is 0.793. The Balaban J connectivity index is 2.57. The molecule has 0 saturated carbocycles. The molecule has 1 amide bonds. The van der Waals surface area contributed by atoms with Gasteiger partial charge < -0.3 is 14.7 Å². The van der Waals surface area contributed by atoms with Crippen LogP contribution in [0.15, 0.2) is 24.4 Å². The van der Waals surface area contributed by atoms with Crippen molar-refractivity contribution in [2.24, 2.45) is 0 Å². The molecular formula is C13H18N2O4. The summed E-state index contributed by atoms with van der Waals surface area (Å²) in [6.45, 7) is 3.45. The van der Waals surface area contributed by atoms with Crippen molar-refractivity contribution in [2.75, 3.05) is 13.2 Å². The van der Waals surface area contributed by atoms with Crippen molar-refractivity contribution in [2.45, 2.75) is 26.4 Å². The number of carbonyl (C=O) groups is 2. The number of ether oxygens (including phenoxy) is 1. The van der Waals surface area contributed by atoms with Gasteiger partial charge in [0, 0.05) is 12.2 Å². The molecule has 0 atom stereocenters. The first-order valence-corrected chi connectivity index (χ1v) is 5.99. The van der Waals surface area contributed by atoms with Crippen LogP contribution in [0.3, 0.4) is 0 Å². The molecule has 19 heavy (non-hydrogen) atoms. The van der Waals surface area contributed by atoms with Crippen molar-refractivity contribution in [1.29, 1.82) is 0 Å². The van der Waals surface area contributed by atoms with Crippen LogP contribution in [-0.4, -0.2) is 46.1 Å². The maximum absolute atomic E-state index is 12.0. The van der Waals surface area contributed by atoms with Gasteiger partial charge in [-0.15, -0.1) is 0 Å². The van der Waals surface area contributed by atoms with Crippen molar-refractivity contribution < 1.29 is 19.4 Å². The Kier molecular flexibility index (Phi) is 5.95. The Hall–Kier alpha value is -1.95. The summed E-state index contributed by atoms with van der Waals surface area (Å²) in [5, 5.41) is 8.45. The molecule has 0 bridgehead atoms. The predicted molar refractivity (Wildman–Crippen MR) is 68.4 cm³/mol. The van der Waals surface area contributed by atoms with Gasteiger partial charge in [-0.1, -0.05) is 6.07 Å². The molecule has 0 aromatic carbocycles. The second kappa shape index (κ2) is 7.48. The highest BCUT2D eigenvalue weighted by atomic mass is 16.5. The normalized spacial score (nSPS) is 10.5. The predicted octanol–water partition coefficient (Wildman–Crippen LogP) is 0.920. The fraction of sp³-hybridized carbons (Fsp3) is 0.462. The van der Waals surface area contributed by atoms with E-state index in [0.29, 0.717) is 6.54 Å². The monoisotopic (exact) mass is 266 g/mol. The van der Waals surface area contributed by atoms with E-state index in [1.165, 1.54) is 0 Å². The Morgan fingerprint density at radius 2 is 2.11 bits per heavy atom. The van der Waals surface area contributed by atoms with E-state index in [9.17, 15) is 9.59 Å². The van der Waals surface area contributed by atoms with Crippen molar-refractivity contribution in [3.63, 3.8) is 0 Å². The minimum absolute atomic E-state index is 0.0112. The van der Waals surface area contributed by atoms with Crippen molar-refractivity contribution in [3.05, 3.63) is 30.1 Å². The van der Waals surface area contributed by atoms with Crippen molar-refractivity contribution in [1.82, 2.24) is 9.88 Å². The van der Waals surface area contributed by atoms with Crippen LogP contribution >= 0.6 is 0 Å². The SMILES string of the molecule is CC(C)N(Cc1ccccn1)C(=O)COCC(=O)O. The second-order valence-corrected chi connectivity index (χ2v) is 4.32. The average Bonchev–Trinajstić information content (AvgIpc) is 2.36. The number of aromatic nitrogens is 1. The van der Waals surface area contributed by atoms with Crippen LogP contribution in [0.5, 0.6) is 0 Å². The first-order valence-electron chi connectivity index (χ1n) is 5.99. The fourth-order valence-corrected chi connectivity index (χ4v) is 1.53. The molecule has 0 saturated heterocycles. The van der Waals surface area contributed by atoms with Gasteiger partial charge in [0.2, 0.25) is 5.91 Å². The van der Waals surface area contributed by atoms with Gasteiger partial charge in [0.25, 0.3) is 0 Å². The number of rotatable bonds is 7. The zero-order valence-corrected chi connectivity index (χ0v) is 11.1. The number of carboxylic acid groups (broad SMARTS) is 1. The van der Waals surface area contributed by atoms with Gasteiger partial charge in [-0.25, -0.2) is 4.79 Å². The molecule has 6 nitrogen and oxygen atoms in total. The lowest BCUT2D eigenvalue weighted by molar-refractivity contribution is -0.146. The summed E-state index contributed by atoms with van der Waals surface area (Å²) < 4.78 is 4.81. The molecule has 0 aliphatic heterocycles. The topological polar surface area (TPSA) is 79.7 Å². The number of hydrogen-bond acceptors (Lipinski definition) is 4. The molecule has 0 unspecified atom stereocenters. The van der Waals surface area contributed by atoms with Crippen molar-refractivity contribution in [3.8, 4) is 0 Å². The highest BCUT2D eigenvalue weighted by Gasteiger charge is 2.18. The third-order valence-electron chi connectivity index (χ3n) is 2.45. The molecule has 104 valence electrons. The Morgan fingerprint density at radius 1 is 1.37 bits per heavy atom. The molecule has 0 spiro atoms. The van der Waals surface area contributed by atoms with Crippen LogP contribution in [0.2, 0.25) is 0 Å². The summed E-state index contributed by atoms with van der Waals surface area (Å²) in [5.41, 5.74) is 0.780. The number of carbonyl (C=O) groups excluding carboxylic acids is 1. The molecule has 1 aromatic rings. The Labute approximate surface area is 112 Å². The number of pyridine rings is 1. The smallest absolute Gasteiger partial charge is 0.329 e. The first-order chi connectivity index (χ1) is 9.00. The van der Waals surface area contributed by atoms with Gasteiger partial charge >= 0.3 is 5.97 Å². The minimum Gasteiger partial charge on any atom is -0.480 e. The summed E-state index contributed by atoms with van der Waals surface area (Å²) >= 11 is 0. The highest BCUT2D eigenvalue weighted by Crippen LogP contribution is 2.06. The third kappa shape index (κ3) is 5.48. The largest absolute Gasteiger partial charge is 0.480 e. The molecular weight excluding hydrogens is 248 g/mol. The van der Waals surface area contributed by atoms with E-state index >= 15 is 0 Å². The Morgan fingerprint density at radius 3 is 2.63 bits per heavy atom. The third-order valence-corrected chi connectivity index (χ3v) is 2.45. The van der Waals surface area contributed by atoms with E-state index in [0.717, 1.165) is 5.69 Å². The number of hydrogen-bond donors (Lipinski definition) is 1. The zero-order chi connectivity index (χ0) is 14.3. The maximum Gasteiger partial charge on any atom is 0.329 e. The summed E-state index contributed by atoms with van der Waals surface area (Å²) in [6.07, 6.45) is 1.67. The summed E-state index contributed by atoms with van der Waals surface area (Å²) in [6, 6.07) is 5.48. The zero-order valence-electron chi connectivity index (χ0n) is 11.1. The van der Waals surface area contributed by atoms with Crippen LogP contribution in [0.25, 0.3) is 0 Å². The summed E-state index contributed by atoms with van der Waals surface area (Å²) in [7, 11) is 0. The van der Waals surface area contributed by atoms with E-state index in [-0.39, 0.29) is 18.6 Å². The van der Waals surface area contributed by atoms with E-state index < -0.39 is 12.6 Å². The number of carboxylic acids is 1. The van der Waals surface area contributed by atoms with E-state index in [1.807, 2.05) is 26.0 Å². The molecule has 0 fully saturated rings. The highest BCUT2D eigenvalue weighted by molar-refractivity contribution is 5.78. The molecule has 1 N–H and O–H groups in total. The molecule has 1 rings (SSSR count). The van der Waals surface area contributed by atoms with Gasteiger partial charge in [-0.05, 0) is 26.0 Å². The lowest BCUT2D eigenvalue weighted by Crippen LogP contribution is -2.39. The lowest BCUT2D eigenvalue weighted by Gasteiger charge is -2.26. The van der Waals surface area contributed by atoms with Crippen LogP contribution in [0, 0.1) is 0 Å². The standard InChI is InChI=1S/C13H18N2O4/c1-10(2)15(7-11-5-3-4-6-14-11)12(16)8-19-9-13(17)18/h3-6,10H,7-9H2,1-2H3,(H,17,18). The van der Waals surface area contributed by atoms with Crippen LogP contribution < -0.4 is 0 Å². The average molecular weight is 266 g/mol. The molecule has 0 aliphatic rings. The van der Waals surface area contributed by atoms with Gasteiger partial charge in [0.05, 0.1) is 12.2 Å². The Bertz CT molecular complexity index is 420. The van der Waals surface area contributed by atoms with E-state index in [4.69, 9.17) is 9.84 Å². The van der Waals surface area contributed by atoms with Crippen molar-refractivity contribution >= 4 is 11.9 Å². The molecule has 1 heterocycles. The number of amides is 1. The first kappa shape index (κ1) is 15.1. The van der Waals surface area contributed by atoms with Gasteiger partial charge in [0.15, 0.2) is 0 Å². The minimum atomic E-state index is -1.09. The molecule has 6 heteroatoms. The number of aliphatic carboxylic acids is 1. The van der Waals surface area contributed by atoms with Gasteiger partial charge in [0.1, 0.15) is 13.2 Å². The van der Waals surface area contributed by atoms with Gasteiger partial charge in [-0.2, -0.15) is 0 Å². The van der Waals surface area contributed by atoms with E-state index in [2.05, 4.69) is 4.98 Å². The molecule has 0 aliphatic carbocycles. The lowest BCUT2D eigenvalue weighted by atomic mass is 10.2. The van der Waals surface area contributed by atoms with Crippen LogP contribution in [0.4, 0.5) is 0 Å². The second-order valence-electron chi connectivity index (χ2n) is 4.32. The summed E-state index contributed by atoms with van der Waals surface area (Å²) in [5.74, 6) is -1.34. The summed E-state index contributed by atoms with van der Waals surface area (Å²) in [4.78, 5) is 28.0. The maximum atomic E-state index is 12.0. The molecule has 0 radical (unpaired) electrons. The van der Waals surface area contributed by atoms with Crippen LogP contribution in [0.1, 0.15) is 19.5 Å². The molecule has 1 aromatic heterocycles. The van der Waals surface area contributed by atoms with Crippen LogP contribution in [-0.2, 0) is 20.9 Å². The van der Waals surface area contributed by atoms with Gasteiger partial charge in [-0.3, -0.25) is 9.78 Å². The fourth-order valence-electron chi connectivity index (χ4n) is 1.53. The van der Waals surface area contributed by atoms with E-state index in [1.54, 1.807) is 17.2 Å². The number of nitrogens with zero attached hydrogens (tertiary/aromatic N) is 2.